The van der Waals surface area contributed by atoms with Crippen LogP contribution in [0.5, 0.6) is 0 Å². The second-order valence-electron chi connectivity index (χ2n) is 7.93. The molecule has 4 atom stereocenters. The Kier molecular flexibility index (Phi) is 5.82. The largest absolute Gasteiger partial charge is 0.355 e. The van der Waals surface area contributed by atoms with E-state index in [9.17, 15) is 14.4 Å². The number of rotatable bonds is 4. The fourth-order valence-corrected chi connectivity index (χ4v) is 4.32. The maximum absolute atomic E-state index is 12.6. The molecule has 1 heterocycles. The Bertz CT molecular complexity index is 716. The molecule has 3 rings (SSSR count). The fraction of sp³-hybridized carbons (Fsp3) is 0.571. The zero-order valence-electron chi connectivity index (χ0n) is 16.3. The SMILES string of the molecule is CNC(=O)c1ccc(NC(=O)[C@@H]2CC(=O)N([C@@H]3CCC[C@@H](C)[C@@H]3C)C2)cc1. The molecule has 0 spiro atoms. The summed E-state index contributed by atoms with van der Waals surface area (Å²) in [5, 5.41) is 5.45. The summed E-state index contributed by atoms with van der Waals surface area (Å²) in [7, 11) is 1.58. The first-order valence-electron chi connectivity index (χ1n) is 9.83. The predicted molar refractivity (Wildman–Crippen MR) is 104 cm³/mol. The van der Waals surface area contributed by atoms with Gasteiger partial charge in [0.1, 0.15) is 0 Å². The first kappa shape index (κ1) is 19.4. The quantitative estimate of drug-likeness (QED) is 0.854. The molecule has 1 aromatic carbocycles. The van der Waals surface area contributed by atoms with E-state index in [1.165, 1.54) is 6.42 Å². The van der Waals surface area contributed by atoms with E-state index in [1.807, 2.05) is 4.90 Å². The molecule has 0 unspecified atom stereocenters. The summed E-state index contributed by atoms with van der Waals surface area (Å²) in [6.07, 6.45) is 3.68. The Morgan fingerprint density at radius 1 is 1.11 bits per heavy atom. The van der Waals surface area contributed by atoms with E-state index >= 15 is 0 Å². The summed E-state index contributed by atoms with van der Waals surface area (Å²) in [5.41, 5.74) is 1.18. The number of likely N-dealkylation sites (tertiary alicyclic amines) is 1. The van der Waals surface area contributed by atoms with E-state index in [4.69, 9.17) is 0 Å². The third-order valence-electron chi connectivity index (χ3n) is 6.24. The Morgan fingerprint density at radius 3 is 2.48 bits per heavy atom. The predicted octanol–water partition coefficient (Wildman–Crippen LogP) is 2.66. The molecule has 3 amide bonds. The highest BCUT2D eigenvalue weighted by Gasteiger charge is 2.41. The van der Waals surface area contributed by atoms with Gasteiger partial charge in [-0.2, -0.15) is 0 Å². The van der Waals surface area contributed by atoms with E-state index in [0.29, 0.717) is 29.6 Å². The highest BCUT2D eigenvalue weighted by molar-refractivity contribution is 5.98. The van der Waals surface area contributed by atoms with E-state index in [0.717, 1.165) is 12.8 Å². The highest BCUT2D eigenvalue weighted by atomic mass is 16.2. The summed E-state index contributed by atoms with van der Waals surface area (Å²) in [4.78, 5) is 38.7. The van der Waals surface area contributed by atoms with Crippen molar-refractivity contribution in [1.82, 2.24) is 10.2 Å². The number of anilines is 1. The van der Waals surface area contributed by atoms with Crippen LogP contribution >= 0.6 is 0 Å². The van der Waals surface area contributed by atoms with Crippen molar-refractivity contribution in [3.8, 4) is 0 Å². The summed E-state index contributed by atoms with van der Waals surface area (Å²) in [6, 6.07) is 7.02. The molecule has 0 radical (unpaired) electrons. The van der Waals surface area contributed by atoms with Gasteiger partial charge in [0.05, 0.1) is 5.92 Å². The van der Waals surface area contributed by atoms with Crippen LogP contribution in [0.3, 0.4) is 0 Å². The van der Waals surface area contributed by atoms with Gasteiger partial charge in [0.15, 0.2) is 0 Å². The number of benzene rings is 1. The first-order valence-corrected chi connectivity index (χ1v) is 9.83. The number of carbonyl (C=O) groups excluding carboxylic acids is 3. The molecule has 1 aliphatic heterocycles. The van der Waals surface area contributed by atoms with Crippen molar-refractivity contribution in [1.29, 1.82) is 0 Å². The van der Waals surface area contributed by atoms with Crippen LogP contribution < -0.4 is 10.6 Å². The van der Waals surface area contributed by atoms with Gasteiger partial charge in [-0.15, -0.1) is 0 Å². The molecule has 1 aromatic rings. The van der Waals surface area contributed by atoms with Crippen molar-refractivity contribution >= 4 is 23.4 Å². The lowest BCUT2D eigenvalue weighted by molar-refractivity contribution is -0.131. The third-order valence-corrected chi connectivity index (χ3v) is 6.24. The van der Waals surface area contributed by atoms with Gasteiger partial charge in [-0.25, -0.2) is 0 Å². The summed E-state index contributed by atoms with van der Waals surface area (Å²) in [6.45, 7) is 4.98. The van der Waals surface area contributed by atoms with Crippen LogP contribution in [-0.4, -0.2) is 42.3 Å². The van der Waals surface area contributed by atoms with Crippen LogP contribution in [0, 0.1) is 17.8 Å². The molecule has 0 aromatic heterocycles. The first-order chi connectivity index (χ1) is 12.9. The van der Waals surface area contributed by atoms with Crippen molar-refractivity contribution in [2.24, 2.45) is 17.8 Å². The van der Waals surface area contributed by atoms with E-state index in [2.05, 4.69) is 24.5 Å². The van der Waals surface area contributed by atoms with Crippen LogP contribution in [0.4, 0.5) is 5.69 Å². The average Bonchev–Trinajstić information content (AvgIpc) is 3.05. The Labute approximate surface area is 160 Å². The molecule has 1 aliphatic carbocycles. The van der Waals surface area contributed by atoms with Crippen molar-refractivity contribution in [3.63, 3.8) is 0 Å². The number of nitrogens with zero attached hydrogens (tertiary/aromatic N) is 1. The number of hydrogen-bond donors (Lipinski definition) is 2. The van der Waals surface area contributed by atoms with Crippen LogP contribution in [0.25, 0.3) is 0 Å². The number of amides is 3. The summed E-state index contributed by atoms with van der Waals surface area (Å²) in [5.74, 6) is 0.567. The molecule has 0 bridgehead atoms. The van der Waals surface area contributed by atoms with E-state index in [1.54, 1.807) is 31.3 Å². The summed E-state index contributed by atoms with van der Waals surface area (Å²) >= 11 is 0. The van der Waals surface area contributed by atoms with Gasteiger partial charge in [-0.3, -0.25) is 14.4 Å². The van der Waals surface area contributed by atoms with Crippen LogP contribution in [0.2, 0.25) is 0 Å². The minimum absolute atomic E-state index is 0.0936. The van der Waals surface area contributed by atoms with Crippen molar-refractivity contribution in [2.75, 3.05) is 18.9 Å². The van der Waals surface area contributed by atoms with Crippen LogP contribution in [-0.2, 0) is 9.59 Å². The number of carbonyl (C=O) groups is 3. The highest BCUT2D eigenvalue weighted by Crippen LogP contribution is 2.35. The van der Waals surface area contributed by atoms with Crippen molar-refractivity contribution in [2.45, 2.75) is 45.6 Å². The molecular weight excluding hydrogens is 342 g/mol. The second-order valence-corrected chi connectivity index (χ2v) is 7.93. The van der Waals surface area contributed by atoms with E-state index in [-0.39, 0.29) is 36.1 Å². The average molecular weight is 371 g/mol. The standard InChI is InChI=1S/C21H29N3O3/c1-13-5-4-6-18(14(13)2)24-12-16(11-19(24)25)21(27)23-17-9-7-15(8-10-17)20(26)22-3/h7-10,13-14,16,18H,4-6,11-12H2,1-3H3,(H,22,26)(H,23,27)/t13-,14+,16-,18-/m1/s1. The zero-order chi connectivity index (χ0) is 19.6. The maximum Gasteiger partial charge on any atom is 0.251 e. The lowest BCUT2D eigenvalue weighted by Gasteiger charge is -2.40. The second kappa shape index (κ2) is 8.11. The molecule has 1 saturated heterocycles. The number of nitrogens with one attached hydrogen (secondary N) is 2. The Balaban J connectivity index is 1.61. The van der Waals surface area contributed by atoms with Crippen LogP contribution in [0.1, 0.15) is 49.9 Å². The monoisotopic (exact) mass is 371 g/mol. The normalized spacial score (nSPS) is 28.1. The lowest BCUT2D eigenvalue weighted by Crippen LogP contribution is -2.45. The molecular formula is C21H29N3O3. The molecule has 27 heavy (non-hydrogen) atoms. The maximum atomic E-state index is 12.6. The van der Waals surface area contributed by atoms with Gasteiger partial charge in [0.2, 0.25) is 11.8 Å². The third kappa shape index (κ3) is 4.15. The van der Waals surface area contributed by atoms with Gasteiger partial charge in [0, 0.05) is 37.3 Å². The molecule has 6 nitrogen and oxygen atoms in total. The molecule has 2 fully saturated rings. The molecule has 1 saturated carbocycles. The molecule has 6 heteroatoms. The van der Waals surface area contributed by atoms with Gasteiger partial charge < -0.3 is 15.5 Å². The fourth-order valence-electron chi connectivity index (χ4n) is 4.32. The van der Waals surface area contributed by atoms with Gasteiger partial charge in [-0.05, 0) is 42.5 Å². The minimum atomic E-state index is -0.319. The molecule has 2 N–H and O–H groups in total. The van der Waals surface area contributed by atoms with Gasteiger partial charge >= 0.3 is 0 Å². The Hall–Kier alpha value is -2.37. The van der Waals surface area contributed by atoms with Gasteiger partial charge in [-0.1, -0.05) is 26.7 Å². The topological polar surface area (TPSA) is 78.5 Å². The minimum Gasteiger partial charge on any atom is -0.355 e. The van der Waals surface area contributed by atoms with E-state index < -0.39 is 0 Å². The van der Waals surface area contributed by atoms with Crippen molar-refractivity contribution < 1.29 is 14.4 Å². The molecule has 2 aliphatic rings. The smallest absolute Gasteiger partial charge is 0.251 e. The van der Waals surface area contributed by atoms with Gasteiger partial charge in [0.25, 0.3) is 5.91 Å². The zero-order valence-corrected chi connectivity index (χ0v) is 16.3. The van der Waals surface area contributed by atoms with Crippen molar-refractivity contribution in [3.05, 3.63) is 29.8 Å². The van der Waals surface area contributed by atoms with Crippen LogP contribution in [0.15, 0.2) is 24.3 Å². The Morgan fingerprint density at radius 2 is 1.81 bits per heavy atom. The lowest BCUT2D eigenvalue weighted by atomic mass is 9.77. The molecule has 146 valence electrons. The summed E-state index contributed by atoms with van der Waals surface area (Å²) < 4.78 is 0. The number of hydrogen-bond acceptors (Lipinski definition) is 3.